The van der Waals surface area contributed by atoms with Crippen LogP contribution in [0, 0.1) is 6.92 Å². The predicted molar refractivity (Wildman–Crippen MR) is 182 cm³/mol. The van der Waals surface area contributed by atoms with Gasteiger partial charge in [0.1, 0.15) is 0 Å². The van der Waals surface area contributed by atoms with Crippen molar-refractivity contribution < 1.29 is 22.7 Å². The number of hydrogen-bond donors (Lipinski definition) is 2. The molecule has 0 atom stereocenters. The molecule has 2 heterocycles. The zero-order chi connectivity index (χ0) is 32.1. The Morgan fingerprint density at radius 2 is 1.28 bits per heavy atom. The van der Waals surface area contributed by atoms with E-state index in [0.717, 1.165) is 59.9 Å². The van der Waals surface area contributed by atoms with E-state index in [-0.39, 0.29) is 23.3 Å². The molecule has 0 aromatic heterocycles. The van der Waals surface area contributed by atoms with Crippen molar-refractivity contribution >= 4 is 38.7 Å². The van der Waals surface area contributed by atoms with Crippen LogP contribution < -0.4 is 15.5 Å². The summed E-state index contributed by atoms with van der Waals surface area (Å²) in [7, 11) is -2.90. The highest BCUT2D eigenvalue weighted by molar-refractivity contribution is 7.91. The van der Waals surface area contributed by atoms with Crippen molar-refractivity contribution in [2.75, 3.05) is 66.4 Å². The average molecular weight is 639 g/mol. The topological polar surface area (TPSA) is 108 Å². The van der Waals surface area contributed by atoms with Crippen molar-refractivity contribution in [3.8, 4) is 11.1 Å². The number of amides is 2. The Hall–Kier alpha value is -4.51. The Kier molecular flexibility index (Phi) is 9.48. The van der Waals surface area contributed by atoms with E-state index in [0.29, 0.717) is 36.4 Å². The number of aryl methyl sites for hydroxylation is 1. The molecule has 6 rings (SSSR count). The molecular weight excluding hydrogens is 600 g/mol. The smallest absolute Gasteiger partial charge is 0.255 e. The van der Waals surface area contributed by atoms with Gasteiger partial charge in [0.25, 0.3) is 11.8 Å². The number of benzene rings is 4. The highest BCUT2D eigenvalue weighted by Crippen LogP contribution is 2.27. The SMILES string of the molecule is Cc1ccc(C(=O)Nc2ccc(N3CCOCC3)cc2)cc1-c1ccc(C(=O)Nc2ccc(CN3CCS(=O)(=O)CC3)cc2)cc1. The molecule has 238 valence electrons. The molecule has 2 aliphatic rings. The van der Waals surface area contributed by atoms with Crippen molar-refractivity contribution in [2.45, 2.75) is 13.5 Å². The van der Waals surface area contributed by atoms with E-state index in [1.807, 2.05) is 85.8 Å². The van der Waals surface area contributed by atoms with E-state index in [4.69, 9.17) is 4.74 Å². The van der Waals surface area contributed by atoms with E-state index in [1.165, 1.54) is 0 Å². The Labute approximate surface area is 270 Å². The minimum Gasteiger partial charge on any atom is -0.378 e. The van der Waals surface area contributed by atoms with E-state index in [1.54, 1.807) is 12.1 Å². The molecule has 2 aliphatic heterocycles. The van der Waals surface area contributed by atoms with Crippen LogP contribution in [0.3, 0.4) is 0 Å². The van der Waals surface area contributed by atoms with Crippen LogP contribution in [-0.4, -0.2) is 76.0 Å². The maximum absolute atomic E-state index is 13.1. The largest absolute Gasteiger partial charge is 0.378 e. The molecule has 10 heteroatoms. The van der Waals surface area contributed by atoms with Gasteiger partial charge in [0.15, 0.2) is 9.84 Å². The standard InChI is InChI=1S/C36H38N4O5S/c1-26-2-5-30(36(42)38-32-12-14-33(15-13-32)40-16-20-45-21-17-40)24-34(26)28-6-8-29(9-7-28)35(41)37-31-10-3-27(4-11-31)25-39-18-22-46(43,44)23-19-39/h2-15,24H,16-23,25H2,1H3,(H,37,41)(H,38,42). The van der Waals surface area contributed by atoms with Gasteiger partial charge in [-0.15, -0.1) is 0 Å². The zero-order valence-corrected chi connectivity index (χ0v) is 26.7. The molecular formula is C36H38N4O5S. The maximum atomic E-state index is 13.1. The van der Waals surface area contributed by atoms with Gasteiger partial charge in [0.2, 0.25) is 0 Å². The third kappa shape index (κ3) is 7.82. The van der Waals surface area contributed by atoms with E-state index >= 15 is 0 Å². The van der Waals surface area contributed by atoms with Crippen molar-refractivity contribution in [3.63, 3.8) is 0 Å². The number of rotatable bonds is 8. The average Bonchev–Trinajstić information content (AvgIpc) is 3.07. The monoisotopic (exact) mass is 638 g/mol. The summed E-state index contributed by atoms with van der Waals surface area (Å²) in [6, 6.07) is 28.5. The van der Waals surface area contributed by atoms with Crippen LogP contribution >= 0.6 is 0 Å². The number of nitrogens with one attached hydrogen (secondary N) is 2. The van der Waals surface area contributed by atoms with Gasteiger partial charge in [0, 0.05) is 60.9 Å². The fourth-order valence-electron chi connectivity index (χ4n) is 5.72. The summed E-state index contributed by atoms with van der Waals surface area (Å²) in [4.78, 5) is 30.5. The maximum Gasteiger partial charge on any atom is 0.255 e. The number of sulfone groups is 1. The highest BCUT2D eigenvalue weighted by Gasteiger charge is 2.21. The van der Waals surface area contributed by atoms with Gasteiger partial charge < -0.3 is 20.3 Å². The van der Waals surface area contributed by atoms with Gasteiger partial charge >= 0.3 is 0 Å². The number of carbonyl (C=O) groups excluding carboxylic acids is 2. The Bertz CT molecular complexity index is 1790. The number of nitrogens with zero attached hydrogens (tertiary/aromatic N) is 2. The van der Waals surface area contributed by atoms with Gasteiger partial charge in [0.05, 0.1) is 24.7 Å². The lowest BCUT2D eigenvalue weighted by Gasteiger charge is -2.28. The second-order valence-corrected chi connectivity index (χ2v) is 14.1. The van der Waals surface area contributed by atoms with Crippen molar-refractivity contribution in [2.24, 2.45) is 0 Å². The Balaban J connectivity index is 1.06. The van der Waals surface area contributed by atoms with Crippen molar-refractivity contribution in [1.29, 1.82) is 0 Å². The lowest BCUT2D eigenvalue weighted by Crippen LogP contribution is -2.39. The van der Waals surface area contributed by atoms with Crippen LogP contribution in [0.15, 0.2) is 91.0 Å². The molecule has 2 amide bonds. The minimum atomic E-state index is -2.90. The predicted octanol–water partition coefficient (Wildman–Crippen LogP) is 5.23. The van der Waals surface area contributed by atoms with E-state index < -0.39 is 9.84 Å². The number of ether oxygens (including phenoxy) is 1. The molecule has 2 saturated heterocycles. The number of anilines is 3. The second kappa shape index (κ2) is 13.9. The molecule has 0 saturated carbocycles. The molecule has 0 radical (unpaired) electrons. The summed E-state index contributed by atoms with van der Waals surface area (Å²) < 4.78 is 28.8. The number of carbonyl (C=O) groups is 2. The first-order valence-corrected chi connectivity index (χ1v) is 17.3. The van der Waals surface area contributed by atoms with Gasteiger partial charge in [-0.2, -0.15) is 0 Å². The molecule has 46 heavy (non-hydrogen) atoms. The van der Waals surface area contributed by atoms with Crippen LogP contribution in [0.1, 0.15) is 31.8 Å². The normalized spacial score (nSPS) is 16.5. The minimum absolute atomic E-state index is 0.189. The van der Waals surface area contributed by atoms with Crippen molar-refractivity contribution in [1.82, 2.24) is 4.90 Å². The van der Waals surface area contributed by atoms with Crippen LogP contribution in [0.5, 0.6) is 0 Å². The van der Waals surface area contributed by atoms with Crippen LogP contribution in [0.2, 0.25) is 0 Å². The second-order valence-electron chi connectivity index (χ2n) is 11.8. The first-order chi connectivity index (χ1) is 22.2. The molecule has 9 nitrogen and oxygen atoms in total. The summed E-state index contributed by atoms with van der Waals surface area (Å²) in [6.07, 6.45) is 0. The van der Waals surface area contributed by atoms with Gasteiger partial charge in [-0.3, -0.25) is 14.5 Å². The number of morpholine rings is 1. The van der Waals surface area contributed by atoms with Gasteiger partial charge in [-0.25, -0.2) is 8.42 Å². The molecule has 0 unspecified atom stereocenters. The third-order valence-electron chi connectivity index (χ3n) is 8.51. The molecule has 0 aliphatic carbocycles. The molecule has 4 aromatic carbocycles. The zero-order valence-electron chi connectivity index (χ0n) is 25.9. The summed E-state index contributed by atoms with van der Waals surface area (Å²) in [5, 5.41) is 5.95. The summed E-state index contributed by atoms with van der Waals surface area (Å²) in [5.41, 5.74) is 7.52. The molecule has 4 aromatic rings. The third-order valence-corrected chi connectivity index (χ3v) is 10.1. The molecule has 0 bridgehead atoms. The molecule has 2 N–H and O–H groups in total. The van der Waals surface area contributed by atoms with Crippen LogP contribution in [0.25, 0.3) is 11.1 Å². The first-order valence-electron chi connectivity index (χ1n) is 15.5. The molecule has 2 fully saturated rings. The van der Waals surface area contributed by atoms with Crippen LogP contribution in [0.4, 0.5) is 17.1 Å². The fraction of sp³-hybridized carbons (Fsp3) is 0.278. The van der Waals surface area contributed by atoms with Gasteiger partial charge in [-0.1, -0.05) is 30.3 Å². The molecule has 0 spiro atoms. The summed E-state index contributed by atoms with van der Waals surface area (Å²) in [5.74, 6) is -0.00637. The Morgan fingerprint density at radius 1 is 0.717 bits per heavy atom. The van der Waals surface area contributed by atoms with E-state index in [2.05, 4.69) is 20.4 Å². The highest BCUT2D eigenvalue weighted by atomic mass is 32.2. The Morgan fingerprint density at radius 3 is 1.91 bits per heavy atom. The number of hydrogen-bond acceptors (Lipinski definition) is 7. The van der Waals surface area contributed by atoms with Crippen LogP contribution in [-0.2, 0) is 21.1 Å². The van der Waals surface area contributed by atoms with Crippen molar-refractivity contribution in [3.05, 3.63) is 113 Å². The lowest BCUT2D eigenvalue weighted by atomic mass is 9.97. The fourth-order valence-corrected chi connectivity index (χ4v) is 7.00. The van der Waals surface area contributed by atoms with E-state index in [9.17, 15) is 18.0 Å². The quantitative estimate of drug-likeness (QED) is 0.272. The summed E-state index contributed by atoms with van der Waals surface area (Å²) >= 11 is 0. The summed E-state index contributed by atoms with van der Waals surface area (Å²) in [6.45, 7) is 6.91. The first kappa shape index (κ1) is 31.5. The van der Waals surface area contributed by atoms with Gasteiger partial charge in [-0.05, 0) is 89.8 Å². The lowest BCUT2D eigenvalue weighted by molar-refractivity contribution is 0.101.